The fourth-order valence-corrected chi connectivity index (χ4v) is 4.26. The Morgan fingerprint density at radius 3 is 2.45 bits per heavy atom. The van der Waals surface area contributed by atoms with E-state index in [2.05, 4.69) is 17.0 Å². The minimum absolute atomic E-state index is 0.108. The van der Waals surface area contributed by atoms with Gasteiger partial charge in [-0.1, -0.05) is 23.7 Å². The molecule has 0 atom stereocenters. The third kappa shape index (κ3) is 6.88. The van der Waals surface area contributed by atoms with E-state index >= 15 is 0 Å². The van der Waals surface area contributed by atoms with Crippen molar-refractivity contribution < 1.29 is 14.3 Å². The summed E-state index contributed by atoms with van der Waals surface area (Å²) in [5.74, 6) is 2.11. The molecule has 1 saturated heterocycles. The van der Waals surface area contributed by atoms with Gasteiger partial charge < -0.3 is 19.3 Å². The zero-order chi connectivity index (χ0) is 22.2. The molecule has 31 heavy (non-hydrogen) atoms. The van der Waals surface area contributed by atoms with Crippen molar-refractivity contribution in [3.05, 3.63) is 58.6 Å². The van der Waals surface area contributed by atoms with Crippen LogP contribution in [0.4, 0.5) is 0 Å². The number of carbonyl (C=O) groups is 1. The van der Waals surface area contributed by atoms with Crippen molar-refractivity contribution in [2.75, 3.05) is 47.4 Å². The van der Waals surface area contributed by atoms with Crippen LogP contribution in [-0.4, -0.2) is 63.2 Å². The Labute approximate surface area is 190 Å². The molecule has 0 aromatic heterocycles. The maximum Gasteiger partial charge on any atom is 0.226 e. The number of piperidine rings is 1. The first-order valence-electron chi connectivity index (χ1n) is 10.9. The number of methoxy groups -OCH3 is 2. The molecule has 0 unspecified atom stereocenters. The average Bonchev–Trinajstić information content (AvgIpc) is 2.79. The normalized spacial score (nSPS) is 15.0. The Morgan fingerprint density at radius 1 is 1.10 bits per heavy atom. The molecule has 0 spiro atoms. The van der Waals surface area contributed by atoms with E-state index in [1.807, 2.05) is 42.3 Å². The highest BCUT2D eigenvalue weighted by atomic mass is 35.5. The summed E-state index contributed by atoms with van der Waals surface area (Å²) in [5.41, 5.74) is 2.18. The molecule has 0 bridgehead atoms. The molecule has 2 aromatic carbocycles. The van der Waals surface area contributed by atoms with Crippen LogP contribution in [0.5, 0.6) is 11.5 Å². The number of halogens is 1. The Hall–Kier alpha value is -2.24. The van der Waals surface area contributed by atoms with Crippen LogP contribution in [-0.2, 0) is 17.6 Å². The van der Waals surface area contributed by atoms with E-state index in [1.165, 1.54) is 5.56 Å². The van der Waals surface area contributed by atoms with Crippen molar-refractivity contribution in [1.82, 2.24) is 9.80 Å². The number of nitrogens with zero attached hydrogens (tertiary/aromatic N) is 2. The number of carbonyl (C=O) groups excluding carboxylic acids is 1. The van der Waals surface area contributed by atoms with E-state index < -0.39 is 0 Å². The van der Waals surface area contributed by atoms with Crippen LogP contribution >= 0.6 is 11.6 Å². The third-order valence-electron chi connectivity index (χ3n) is 6.12. The van der Waals surface area contributed by atoms with Crippen LogP contribution in [0.1, 0.15) is 24.0 Å². The fourth-order valence-electron chi connectivity index (χ4n) is 4.14. The lowest BCUT2D eigenvalue weighted by atomic mass is 9.95. The Balaban J connectivity index is 1.43. The first-order valence-corrected chi connectivity index (χ1v) is 11.3. The lowest BCUT2D eigenvalue weighted by molar-refractivity contribution is -0.130. The van der Waals surface area contributed by atoms with E-state index in [0.717, 1.165) is 67.5 Å². The van der Waals surface area contributed by atoms with Crippen molar-refractivity contribution in [3.8, 4) is 11.5 Å². The molecule has 2 aromatic rings. The van der Waals surface area contributed by atoms with E-state index in [1.54, 1.807) is 14.2 Å². The molecule has 1 aliphatic rings. The SMILES string of the molecule is COc1ccc(OC)c(CC(=O)N(C)CC2CCN(CCc3ccc(Cl)cc3)CC2)c1. The Bertz CT molecular complexity index is 848. The number of likely N-dealkylation sites (tertiary alicyclic amines) is 1. The largest absolute Gasteiger partial charge is 0.497 e. The van der Waals surface area contributed by atoms with Crippen LogP contribution in [0.2, 0.25) is 5.02 Å². The molecule has 6 heteroatoms. The number of hydrogen-bond acceptors (Lipinski definition) is 4. The first kappa shape index (κ1) is 23.4. The molecular formula is C25H33ClN2O3. The molecule has 1 amide bonds. The predicted octanol–water partition coefficient (Wildman–Crippen LogP) is 4.31. The van der Waals surface area contributed by atoms with Gasteiger partial charge in [-0.25, -0.2) is 0 Å². The molecular weight excluding hydrogens is 412 g/mol. The van der Waals surface area contributed by atoms with Gasteiger partial charge in [0, 0.05) is 30.7 Å². The molecule has 1 heterocycles. The quantitative estimate of drug-likeness (QED) is 0.577. The van der Waals surface area contributed by atoms with Crippen LogP contribution in [0.3, 0.4) is 0 Å². The monoisotopic (exact) mass is 444 g/mol. The first-order chi connectivity index (χ1) is 15.0. The maximum atomic E-state index is 12.8. The van der Waals surface area contributed by atoms with Gasteiger partial charge in [-0.3, -0.25) is 4.79 Å². The van der Waals surface area contributed by atoms with E-state index in [-0.39, 0.29) is 5.91 Å². The number of amides is 1. The third-order valence-corrected chi connectivity index (χ3v) is 6.38. The highest BCUT2D eigenvalue weighted by molar-refractivity contribution is 6.30. The second-order valence-electron chi connectivity index (χ2n) is 8.29. The van der Waals surface area contributed by atoms with Gasteiger partial charge in [-0.2, -0.15) is 0 Å². The van der Waals surface area contributed by atoms with Gasteiger partial charge in [-0.05, 0) is 74.2 Å². The summed E-state index contributed by atoms with van der Waals surface area (Å²) in [5, 5.41) is 0.785. The van der Waals surface area contributed by atoms with Crippen LogP contribution in [0.15, 0.2) is 42.5 Å². The minimum atomic E-state index is 0.108. The Kier molecular flexibility index (Phi) is 8.61. The molecule has 1 aliphatic heterocycles. The average molecular weight is 445 g/mol. The number of likely N-dealkylation sites (N-methyl/N-ethyl adjacent to an activating group) is 1. The van der Waals surface area contributed by atoms with E-state index in [4.69, 9.17) is 21.1 Å². The zero-order valence-corrected chi connectivity index (χ0v) is 19.5. The zero-order valence-electron chi connectivity index (χ0n) is 18.8. The fraction of sp³-hybridized carbons (Fsp3) is 0.480. The van der Waals surface area contributed by atoms with E-state index in [0.29, 0.717) is 12.3 Å². The molecule has 168 valence electrons. The van der Waals surface area contributed by atoms with Gasteiger partial charge in [-0.15, -0.1) is 0 Å². The summed E-state index contributed by atoms with van der Waals surface area (Å²) in [6.07, 6.45) is 3.61. The van der Waals surface area contributed by atoms with Crippen molar-refractivity contribution in [1.29, 1.82) is 0 Å². The summed E-state index contributed by atoms with van der Waals surface area (Å²) < 4.78 is 10.7. The molecule has 0 radical (unpaired) electrons. The minimum Gasteiger partial charge on any atom is -0.497 e. The van der Waals surface area contributed by atoms with Crippen molar-refractivity contribution in [3.63, 3.8) is 0 Å². The lowest BCUT2D eigenvalue weighted by Gasteiger charge is -2.34. The lowest BCUT2D eigenvalue weighted by Crippen LogP contribution is -2.40. The van der Waals surface area contributed by atoms with Gasteiger partial charge in [0.05, 0.1) is 20.6 Å². The summed E-state index contributed by atoms with van der Waals surface area (Å²) >= 11 is 5.96. The summed E-state index contributed by atoms with van der Waals surface area (Å²) in [7, 11) is 5.16. The second-order valence-corrected chi connectivity index (χ2v) is 8.73. The number of hydrogen-bond donors (Lipinski definition) is 0. The molecule has 5 nitrogen and oxygen atoms in total. The molecule has 1 fully saturated rings. The van der Waals surface area contributed by atoms with Gasteiger partial charge >= 0.3 is 0 Å². The number of ether oxygens (including phenoxy) is 2. The summed E-state index contributed by atoms with van der Waals surface area (Å²) in [4.78, 5) is 17.2. The predicted molar refractivity (Wildman–Crippen MR) is 125 cm³/mol. The molecule has 3 rings (SSSR count). The smallest absolute Gasteiger partial charge is 0.226 e. The topological polar surface area (TPSA) is 42.0 Å². The molecule has 0 aliphatic carbocycles. The number of benzene rings is 2. The van der Waals surface area contributed by atoms with Crippen molar-refractivity contribution in [2.24, 2.45) is 5.92 Å². The summed E-state index contributed by atoms with van der Waals surface area (Å²) in [6.45, 7) is 4.04. The van der Waals surface area contributed by atoms with Gasteiger partial charge in [0.25, 0.3) is 0 Å². The van der Waals surface area contributed by atoms with Gasteiger partial charge in [0.15, 0.2) is 0 Å². The number of rotatable bonds is 9. The van der Waals surface area contributed by atoms with Crippen molar-refractivity contribution >= 4 is 17.5 Å². The maximum absolute atomic E-state index is 12.8. The van der Waals surface area contributed by atoms with Gasteiger partial charge in [0.1, 0.15) is 11.5 Å². The highest BCUT2D eigenvalue weighted by Gasteiger charge is 2.22. The van der Waals surface area contributed by atoms with E-state index in [9.17, 15) is 4.79 Å². The van der Waals surface area contributed by atoms with Crippen LogP contribution in [0.25, 0.3) is 0 Å². The molecule has 0 saturated carbocycles. The van der Waals surface area contributed by atoms with Gasteiger partial charge in [0.2, 0.25) is 5.91 Å². The van der Waals surface area contributed by atoms with Crippen LogP contribution in [0, 0.1) is 5.92 Å². The van der Waals surface area contributed by atoms with Crippen LogP contribution < -0.4 is 9.47 Å². The highest BCUT2D eigenvalue weighted by Crippen LogP contribution is 2.25. The Morgan fingerprint density at radius 2 is 1.81 bits per heavy atom. The standard InChI is InChI=1S/C25H33ClN2O3/c1-27(25(29)17-21-16-23(30-2)8-9-24(21)31-3)18-20-11-14-28(15-12-20)13-10-19-4-6-22(26)7-5-19/h4-9,16,20H,10-15,17-18H2,1-3H3. The van der Waals surface area contributed by atoms with Crippen molar-refractivity contribution in [2.45, 2.75) is 25.7 Å². The summed E-state index contributed by atoms with van der Waals surface area (Å²) in [6, 6.07) is 13.7. The molecule has 0 N–H and O–H groups in total. The second kappa shape index (κ2) is 11.4.